The molecule has 0 radical (unpaired) electrons. The number of rotatable bonds is 4. The van der Waals surface area contributed by atoms with Gasteiger partial charge in [0.15, 0.2) is 5.78 Å². The first-order valence-corrected chi connectivity index (χ1v) is 7.06. The molecule has 1 aromatic carbocycles. The van der Waals surface area contributed by atoms with Gasteiger partial charge in [0.1, 0.15) is 0 Å². The normalized spacial score (nSPS) is 20.5. The molecule has 4 nitrogen and oxygen atoms in total. The summed E-state index contributed by atoms with van der Waals surface area (Å²) in [5.41, 5.74) is 0.511. The monoisotopic (exact) mass is 293 g/mol. The smallest absolute Gasteiger partial charge is 0.304 e. The van der Waals surface area contributed by atoms with Crippen molar-refractivity contribution in [2.75, 3.05) is 0 Å². The molecule has 1 N–H and O–H groups in total. The van der Waals surface area contributed by atoms with Crippen molar-refractivity contribution in [3.63, 3.8) is 0 Å². The number of hydrogen-bond donors (Lipinski definition) is 1. The Kier molecular flexibility index (Phi) is 3.59. The molecule has 0 spiro atoms. The first-order chi connectivity index (χ1) is 10.6. The Balaban J connectivity index is 1.98. The Morgan fingerprint density at radius 3 is 2.73 bits per heavy atom. The summed E-state index contributed by atoms with van der Waals surface area (Å²) in [5.74, 6) is -1.18. The van der Waals surface area contributed by atoms with E-state index in [4.69, 9.17) is 5.11 Å². The Bertz CT molecular complexity index is 807. The van der Waals surface area contributed by atoms with Gasteiger partial charge in [0.25, 0.3) is 0 Å². The van der Waals surface area contributed by atoms with Crippen molar-refractivity contribution < 1.29 is 14.7 Å². The van der Waals surface area contributed by atoms with Crippen LogP contribution in [-0.4, -0.2) is 21.8 Å². The highest BCUT2D eigenvalue weighted by Crippen LogP contribution is 2.33. The lowest BCUT2D eigenvalue weighted by atomic mass is 9.74. The number of fused-ring (bicyclic) bond motifs is 1. The Hall–Kier alpha value is -2.75. The van der Waals surface area contributed by atoms with E-state index in [0.29, 0.717) is 5.69 Å². The van der Waals surface area contributed by atoms with Crippen molar-refractivity contribution in [1.82, 2.24) is 4.98 Å². The summed E-state index contributed by atoms with van der Waals surface area (Å²) in [6, 6.07) is 11.5. The highest BCUT2D eigenvalue weighted by atomic mass is 16.4. The van der Waals surface area contributed by atoms with Gasteiger partial charge in [-0.05, 0) is 18.2 Å². The van der Waals surface area contributed by atoms with E-state index < -0.39 is 11.4 Å². The Labute approximate surface area is 127 Å². The molecule has 3 rings (SSSR count). The first kappa shape index (κ1) is 14.2. The minimum atomic E-state index is -1.05. The third-order valence-electron chi connectivity index (χ3n) is 3.88. The van der Waals surface area contributed by atoms with E-state index in [1.807, 2.05) is 36.4 Å². The van der Waals surface area contributed by atoms with Crippen molar-refractivity contribution in [3.05, 3.63) is 66.4 Å². The molecular weight excluding hydrogens is 278 g/mol. The van der Waals surface area contributed by atoms with Crippen molar-refractivity contribution >= 4 is 22.7 Å². The number of allylic oxidation sites excluding steroid dienone is 4. The molecular formula is C18H15NO3. The van der Waals surface area contributed by atoms with Crippen LogP contribution in [0, 0.1) is 5.41 Å². The zero-order valence-electron chi connectivity index (χ0n) is 11.9. The number of carboxylic acid groups (broad SMARTS) is 1. The van der Waals surface area contributed by atoms with Gasteiger partial charge in [-0.1, -0.05) is 42.5 Å². The summed E-state index contributed by atoms with van der Waals surface area (Å²) in [6.07, 6.45) is 6.52. The molecule has 2 aromatic rings. The molecule has 1 atom stereocenters. The van der Waals surface area contributed by atoms with Gasteiger partial charge in [-0.25, -0.2) is 0 Å². The lowest BCUT2D eigenvalue weighted by Crippen LogP contribution is -2.34. The SMILES string of the molecule is O=C(O)CC1(Cc2ccc3ccccc3n2)C=CC=CC1=O. The van der Waals surface area contributed by atoms with Crippen molar-refractivity contribution in [2.45, 2.75) is 12.8 Å². The van der Waals surface area contributed by atoms with Crippen molar-refractivity contribution in [1.29, 1.82) is 0 Å². The third-order valence-corrected chi connectivity index (χ3v) is 3.88. The van der Waals surface area contributed by atoms with E-state index in [9.17, 15) is 9.59 Å². The summed E-state index contributed by atoms with van der Waals surface area (Å²) in [7, 11) is 0. The number of aromatic nitrogens is 1. The van der Waals surface area contributed by atoms with E-state index in [-0.39, 0.29) is 18.6 Å². The minimum absolute atomic E-state index is 0.188. The molecule has 110 valence electrons. The van der Waals surface area contributed by atoms with Gasteiger partial charge in [0.2, 0.25) is 0 Å². The van der Waals surface area contributed by atoms with Gasteiger partial charge in [0.05, 0.1) is 17.4 Å². The number of aliphatic carboxylic acids is 1. The molecule has 0 saturated heterocycles. The van der Waals surface area contributed by atoms with Gasteiger partial charge < -0.3 is 5.11 Å². The quantitative estimate of drug-likeness (QED) is 0.941. The van der Waals surface area contributed by atoms with E-state index in [1.54, 1.807) is 18.2 Å². The zero-order valence-corrected chi connectivity index (χ0v) is 11.9. The molecule has 22 heavy (non-hydrogen) atoms. The molecule has 1 aromatic heterocycles. The maximum Gasteiger partial charge on any atom is 0.304 e. The number of carbonyl (C=O) groups excluding carboxylic acids is 1. The summed E-state index contributed by atoms with van der Waals surface area (Å²) >= 11 is 0. The van der Waals surface area contributed by atoms with E-state index >= 15 is 0 Å². The van der Waals surface area contributed by atoms with Crippen LogP contribution in [-0.2, 0) is 16.0 Å². The van der Waals surface area contributed by atoms with Crippen LogP contribution in [0.1, 0.15) is 12.1 Å². The largest absolute Gasteiger partial charge is 0.481 e. The average molecular weight is 293 g/mol. The maximum absolute atomic E-state index is 12.3. The van der Waals surface area contributed by atoms with Crippen molar-refractivity contribution in [2.24, 2.45) is 5.41 Å². The van der Waals surface area contributed by atoms with Crippen LogP contribution in [0.15, 0.2) is 60.7 Å². The number of hydrogen-bond acceptors (Lipinski definition) is 3. The van der Waals surface area contributed by atoms with Gasteiger partial charge in [0, 0.05) is 17.5 Å². The molecule has 0 amide bonds. The number of carboxylic acids is 1. The molecule has 0 saturated carbocycles. The Morgan fingerprint density at radius 2 is 1.95 bits per heavy atom. The predicted molar refractivity (Wildman–Crippen MR) is 83.4 cm³/mol. The number of carbonyl (C=O) groups is 2. The van der Waals surface area contributed by atoms with Gasteiger partial charge in [-0.15, -0.1) is 0 Å². The summed E-state index contributed by atoms with van der Waals surface area (Å²) in [5, 5.41) is 10.2. The zero-order chi connectivity index (χ0) is 15.6. The third kappa shape index (κ3) is 2.68. The second-order valence-electron chi connectivity index (χ2n) is 5.48. The molecule has 0 aliphatic heterocycles. The van der Waals surface area contributed by atoms with Gasteiger partial charge in [-0.2, -0.15) is 0 Å². The average Bonchev–Trinajstić information content (AvgIpc) is 2.49. The molecule has 1 aliphatic carbocycles. The maximum atomic E-state index is 12.3. The Morgan fingerprint density at radius 1 is 1.14 bits per heavy atom. The van der Waals surface area contributed by atoms with Crippen LogP contribution in [0.3, 0.4) is 0 Å². The van der Waals surface area contributed by atoms with Crippen LogP contribution >= 0.6 is 0 Å². The molecule has 4 heteroatoms. The van der Waals surface area contributed by atoms with Gasteiger partial charge in [-0.3, -0.25) is 14.6 Å². The molecule has 0 fully saturated rings. The number of pyridine rings is 1. The minimum Gasteiger partial charge on any atom is -0.481 e. The molecule has 1 heterocycles. The standard InChI is InChI=1S/C18H15NO3/c20-16-7-3-4-10-18(16,12-17(21)22)11-14-9-8-13-5-1-2-6-15(13)19-14/h1-10H,11-12H2,(H,21,22). The highest BCUT2D eigenvalue weighted by molar-refractivity contribution is 6.00. The number of benzene rings is 1. The van der Waals surface area contributed by atoms with Crippen LogP contribution < -0.4 is 0 Å². The number of nitrogens with zero attached hydrogens (tertiary/aromatic N) is 1. The van der Waals surface area contributed by atoms with Gasteiger partial charge >= 0.3 is 5.97 Å². The fraction of sp³-hybridized carbons (Fsp3) is 0.167. The fourth-order valence-electron chi connectivity index (χ4n) is 2.79. The summed E-state index contributed by atoms with van der Waals surface area (Å²) in [4.78, 5) is 28.0. The van der Waals surface area contributed by atoms with E-state index in [0.717, 1.165) is 10.9 Å². The van der Waals surface area contributed by atoms with Crippen molar-refractivity contribution in [3.8, 4) is 0 Å². The first-order valence-electron chi connectivity index (χ1n) is 7.06. The highest BCUT2D eigenvalue weighted by Gasteiger charge is 2.38. The second kappa shape index (κ2) is 5.56. The lowest BCUT2D eigenvalue weighted by molar-refractivity contribution is -0.141. The topological polar surface area (TPSA) is 67.3 Å². The lowest BCUT2D eigenvalue weighted by Gasteiger charge is -2.27. The summed E-state index contributed by atoms with van der Waals surface area (Å²) < 4.78 is 0. The number of ketones is 1. The fourth-order valence-corrected chi connectivity index (χ4v) is 2.79. The predicted octanol–water partition coefficient (Wildman–Crippen LogP) is 2.93. The van der Waals surface area contributed by atoms with Crippen LogP contribution in [0.5, 0.6) is 0 Å². The van der Waals surface area contributed by atoms with E-state index in [1.165, 1.54) is 6.08 Å². The second-order valence-corrected chi connectivity index (χ2v) is 5.48. The van der Waals surface area contributed by atoms with Crippen LogP contribution in [0.2, 0.25) is 0 Å². The van der Waals surface area contributed by atoms with E-state index in [2.05, 4.69) is 4.98 Å². The number of para-hydroxylation sites is 1. The molecule has 1 aliphatic rings. The molecule has 1 unspecified atom stereocenters. The molecule has 0 bridgehead atoms. The summed E-state index contributed by atoms with van der Waals surface area (Å²) in [6.45, 7) is 0. The van der Waals surface area contributed by atoms with Crippen LogP contribution in [0.4, 0.5) is 0 Å². The van der Waals surface area contributed by atoms with Crippen LogP contribution in [0.25, 0.3) is 10.9 Å².